The van der Waals surface area contributed by atoms with Crippen molar-refractivity contribution in [3.63, 3.8) is 0 Å². The number of benzene rings is 1. The standard InChI is InChI=1S/C16H10F3NO3/c17-10-1-2-13(16(21)22)20-15(10)14-11(18)5-9(6-12(14)19)8-3-4-23-7-8/h1-2,5-7H,3-4H2,(H,21,22). The largest absolute Gasteiger partial charge is 0.501 e. The van der Waals surface area contributed by atoms with E-state index in [1.54, 1.807) is 0 Å². The lowest BCUT2D eigenvalue weighted by molar-refractivity contribution is 0.0690. The Balaban J connectivity index is 2.14. The van der Waals surface area contributed by atoms with Gasteiger partial charge < -0.3 is 9.84 Å². The van der Waals surface area contributed by atoms with E-state index in [2.05, 4.69) is 4.98 Å². The minimum Gasteiger partial charge on any atom is -0.501 e. The topological polar surface area (TPSA) is 59.4 Å². The number of aromatic carboxylic acids is 1. The predicted octanol–water partition coefficient (Wildman–Crippen LogP) is 3.63. The van der Waals surface area contributed by atoms with Gasteiger partial charge in [-0.2, -0.15) is 0 Å². The van der Waals surface area contributed by atoms with Crippen LogP contribution in [0.3, 0.4) is 0 Å². The highest BCUT2D eigenvalue weighted by Gasteiger charge is 2.21. The number of aromatic nitrogens is 1. The molecule has 2 aromatic rings. The van der Waals surface area contributed by atoms with E-state index in [4.69, 9.17) is 9.84 Å². The first-order valence-electron chi connectivity index (χ1n) is 6.67. The molecular formula is C16H10F3NO3. The summed E-state index contributed by atoms with van der Waals surface area (Å²) in [4.78, 5) is 14.4. The normalized spacial score (nSPS) is 13.6. The second-order valence-corrected chi connectivity index (χ2v) is 4.91. The monoisotopic (exact) mass is 321 g/mol. The summed E-state index contributed by atoms with van der Waals surface area (Å²) in [6, 6.07) is 3.83. The molecule has 118 valence electrons. The molecule has 0 aliphatic carbocycles. The van der Waals surface area contributed by atoms with Crippen LogP contribution >= 0.6 is 0 Å². The van der Waals surface area contributed by atoms with Crippen molar-refractivity contribution in [2.45, 2.75) is 6.42 Å². The number of nitrogens with zero attached hydrogens (tertiary/aromatic N) is 1. The molecule has 23 heavy (non-hydrogen) atoms. The molecule has 0 atom stereocenters. The Kier molecular flexibility index (Phi) is 3.77. The highest BCUT2D eigenvalue weighted by molar-refractivity contribution is 5.86. The first-order valence-corrected chi connectivity index (χ1v) is 6.67. The second kappa shape index (κ2) is 5.75. The fourth-order valence-corrected chi connectivity index (χ4v) is 2.32. The number of carboxylic acids is 1. The fourth-order valence-electron chi connectivity index (χ4n) is 2.32. The van der Waals surface area contributed by atoms with E-state index in [9.17, 15) is 18.0 Å². The van der Waals surface area contributed by atoms with Crippen molar-refractivity contribution in [3.05, 3.63) is 59.2 Å². The third kappa shape index (κ3) is 2.77. The molecule has 3 rings (SSSR count). The molecule has 4 nitrogen and oxygen atoms in total. The quantitative estimate of drug-likeness (QED) is 0.938. The summed E-state index contributed by atoms with van der Waals surface area (Å²) in [6.45, 7) is 0.428. The van der Waals surface area contributed by atoms with Gasteiger partial charge in [-0.3, -0.25) is 0 Å². The molecule has 1 aromatic carbocycles. The summed E-state index contributed by atoms with van der Waals surface area (Å²) in [5.74, 6) is -4.48. The first kappa shape index (κ1) is 15.1. The van der Waals surface area contributed by atoms with Crippen molar-refractivity contribution in [2.24, 2.45) is 0 Å². The van der Waals surface area contributed by atoms with Crippen LogP contribution in [0.1, 0.15) is 22.5 Å². The Bertz CT molecular complexity index is 810. The molecule has 0 fully saturated rings. The van der Waals surface area contributed by atoms with Crippen LogP contribution in [-0.2, 0) is 4.74 Å². The van der Waals surface area contributed by atoms with E-state index >= 15 is 0 Å². The van der Waals surface area contributed by atoms with Crippen molar-refractivity contribution < 1.29 is 27.8 Å². The molecular weight excluding hydrogens is 311 g/mol. The maximum Gasteiger partial charge on any atom is 0.354 e. The van der Waals surface area contributed by atoms with Crippen LogP contribution in [0.25, 0.3) is 16.8 Å². The SMILES string of the molecule is O=C(O)c1ccc(F)c(-c2c(F)cc(C3=COCC3)cc2F)n1. The van der Waals surface area contributed by atoms with E-state index in [1.807, 2.05) is 0 Å². The summed E-state index contributed by atoms with van der Waals surface area (Å²) in [5.41, 5.74) is -0.966. The molecule has 0 radical (unpaired) electrons. The highest BCUT2D eigenvalue weighted by Crippen LogP contribution is 2.32. The third-order valence-corrected chi connectivity index (χ3v) is 3.43. The van der Waals surface area contributed by atoms with Gasteiger partial charge in [0, 0.05) is 6.42 Å². The van der Waals surface area contributed by atoms with Crippen molar-refractivity contribution >= 4 is 11.5 Å². The molecule has 7 heteroatoms. The van der Waals surface area contributed by atoms with Gasteiger partial charge in [0.15, 0.2) is 0 Å². The van der Waals surface area contributed by atoms with Gasteiger partial charge in [-0.15, -0.1) is 0 Å². The number of ether oxygens (including phenoxy) is 1. The smallest absolute Gasteiger partial charge is 0.354 e. The van der Waals surface area contributed by atoms with Crippen LogP contribution in [0.2, 0.25) is 0 Å². The van der Waals surface area contributed by atoms with Gasteiger partial charge in [-0.05, 0) is 35.4 Å². The molecule has 0 amide bonds. The van der Waals surface area contributed by atoms with Gasteiger partial charge in [-0.1, -0.05) is 0 Å². The zero-order valence-electron chi connectivity index (χ0n) is 11.6. The predicted molar refractivity (Wildman–Crippen MR) is 75.1 cm³/mol. The van der Waals surface area contributed by atoms with E-state index < -0.39 is 40.4 Å². The van der Waals surface area contributed by atoms with Crippen LogP contribution in [0.4, 0.5) is 13.2 Å². The Morgan fingerprint density at radius 2 is 1.83 bits per heavy atom. The van der Waals surface area contributed by atoms with E-state index in [1.165, 1.54) is 6.26 Å². The molecule has 0 saturated carbocycles. The summed E-state index contributed by atoms with van der Waals surface area (Å²) < 4.78 is 47.5. The molecule has 0 saturated heterocycles. The number of pyridine rings is 1. The Morgan fingerprint density at radius 3 is 2.39 bits per heavy atom. The summed E-state index contributed by atoms with van der Waals surface area (Å²) in [7, 11) is 0. The Labute approximate surface area is 128 Å². The first-order chi connectivity index (χ1) is 11.0. The minimum absolute atomic E-state index is 0.288. The number of carboxylic acid groups (broad SMARTS) is 1. The van der Waals surface area contributed by atoms with Gasteiger partial charge >= 0.3 is 5.97 Å². The molecule has 1 aliphatic heterocycles. The van der Waals surface area contributed by atoms with E-state index in [0.717, 1.165) is 24.3 Å². The molecule has 2 heterocycles. The number of hydrogen-bond donors (Lipinski definition) is 1. The van der Waals surface area contributed by atoms with Crippen molar-refractivity contribution in [3.8, 4) is 11.3 Å². The third-order valence-electron chi connectivity index (χ3n) is 3.43. The summed E-state index contributed by atoms with van der Waals surface area (Å²) in [5, 5.41) is 8.88. The zero-order valence-corrected chi connectivity index (χ0v) is 11.6. The van der Waals surface area contributed by atoms with Gasteiger partial charge in [0.1, 0.15) is 28.8 Å². The maximum atomic E-state index is 14.3. The van der Waals surface area contributed by atoms with Gasteiger partial charge in [0.25, 0.3) is 0 Å². The van der Waals surface area contributed by atoms with Gasteiger partial charge in [0.05, 0.1) is 18.4 Å². The van der Waals surface area contributed by atoms with Crippen LogP contribution in [0, 0.1) is 17.5 Å². The molecule has 0 spiro atoms. The van der Waals surface area contributed by atoms with Crippen molar-refractivity contribution in [2.75, 3.05) is 6.61 Å². The number of halogens is 3. The Morgan fingerprint density at radius 1 is 1.13 bits per heavy atom. The molecule has 1 aliphatic rings. The Hall–Kier alpha value is -2.83. The van der Waals surface area contributed by atoms with Crippen LogP contribution in [0.15, 0.2) is 30.5 Å². The average Bonchev–Trinajstić information content (AvgIpc) is 3.02. The average molecular weight is 321 g/mol. The van der Waals surface area contributed by atoms with Gasteiger partial charge in [-0.25, -0.2) is 22.9 Å². The molecule has 1 aromatic heterocycles. The highest BCUT2D eigenvalue weighted by atomic mass is 19.1. The molecule has 0 bridgehead atoms. The van der Waals surface area contributed by atoms with Crippen molar-refractivity contribution in [1.82, 2.24) is 4.98 Å². The van der Waals surface area contributed by atoms with Crippen LogP contribution in [-0.4, -0.2) is 22.7 Å². The van der Waals surface area contributed by atoms with E-state index in [0.29, 0.717) is 18.6 Å². The number of rotatable bonds is 3. The van der Waals surface area contributed by atoms with Gasteiger partial charge in [0.2, 0.25) is 0 Å². The van der Waals surface area contributed by atoms with Crippen LogP contribution < -0.4 is 0 Å². The zero-order chi connectivity index (χ0) is 16.6. The molecule has 1 N–H and O–H groups in total. The summed E-state index contributed by atoms with van der Waals surface area (Å²) in [6.07, 6.45) is 1.93. The molecule has 0 unspecified atom stereocenters. The summed E-state index contributed by atoms with van der Waals surface area (Å²) >= 11 is 0. The van der Waals surface area contributed by atoms with E-state index in [-0.39, 0.29) is 5.56 Å². The second-order valence-electron chi connectivity index (χ2n) is 4.91. The van der Waals surface area contributed by atoms with Crippen LogP contribution in [0.5, 0.6) is 0 Å². The van der Waals surface area contributed by atoms with Crippen molar-refractivity contribution in [1.29, 1.82) is 0 Å². The minimum atomic E-state index is -1.42. The maximum absolute atomic E-state index is 14.3. The number of carbonyl (C=O) groups is 1. The lowest BCUT2D eigenvalue weighted by atomic mass is 10.0. The number of hydrogen-bond acceptors (Lipinski definition) is 3. The lowest BCUT2D eigenvalue weighted by Gasteiger charge is -2.09. The fraction of sp³-hybridized carbons (Fsp3) is 0.125. The lowest BCUT2D eigenvalue weighted by Crippen LogP contribution is -2.05.